The van der Waals surface area contributed by atoms with Crippen LogP contribution in [0.1, 0.15) is 38.3 Å². The zero-order valence-corrected chi connectivity index (χ0v) is 22.9. The summed E-state index contributed by atoms with van der Waals surface area (Å²) in [6.07, 6.45) is 0.720. The van der Waals surface area contributed by atoms with Crippen LogP contribution in [0.5, 0.6) is 0 Å². The predicted octanol–water partition coefficient (Wildman–Crippen LogP) is 4.66. The van der Waals surface area contributed by atoms with Gasteiger partial charge in [0.2, 0.25) is 11.8 Å². The molecule has 0 heterocycles. The van der Waals surface area contributed by atoms with E-state index in [1.165, 1.54) is 29.2 Å². The van der Waals surface area contributed by atoms with Crippen LogP contribution in [0.25, 0.3) is 0 Å². The minimum Gasteiger partial charge on any atom is -0.352 e. The van der Waals surface area contributed by atoms with Gasteiger partial charge in [-0.05, 0) is 74.7 Å². The molecule has 0 unspecified atom stereocenters. The van der Waals surface area contributed by atoms with Crippen molar-refractivity contribution < 1.29 is 22.4 Å². The second kappa shape index (κ2) is 12.7. The summed E-state index contributed by atoms with van der Waals surface area (Å²) >= 11 is 0. The van der Waals surface area contributed by atoms with Gasteiger partial charge >= 0.3 is 0 Å². The molecule has 3 aromatic carbocycles. The Labute approximate surface area is 224 Å². The Kier molecular flexibility index (Phi) is 9.63. The van der Waals surface area contributed by atoms with E-state index in [9.17, 15) is 22.4 Å². The first-order valence-electron chi connectivity index (χ1n) is 12.5. The molecule has 0 aliphatic rings. The van der Waals surface area contributed by atoms with Crippen LogP contribution < -0.4 is 9.62 Å². The van der Waals surface area contributed by atoms with E-state index in [2.05, 4.69) is 5.32 Å². The summed E-state index contributed by atoms with van der Waals surface area (Å²) in [6.45, 7) is 6.90. The van der Waals surface area contributed by atoms with Crippen LogP contribution in [0.2, 0.25) is 0 Å². The van der Waals surface area contributed by atoms with Crippen LogP contribution in [0.3, 0.4) is 0 Å². The quantitative estimate of drug-likeness (QED) is 0.384. The highest BCUT2D eigenvalue weighted by molar-refractivity contribution is 7.92. The molecule has 38 heavy (non-hydrogen) atoms. The Morgan fingerprint density at radius 3 is 2.13 bits per heavy atom. The number of amides is 2. The lowest BCUT2D eigenvalue weighted by atomic mass is 10.1. The Morgan fingerprint density at radius 1 is 0.921 bits per heavy atom. The summed E-state index contributed by atoms with van der Waals surface area (Å²) in [6, 6.07) is 19.2. The normalized spacial score (nSPS) is 12.9. The third kappa shape index (κ3) is 6.98. The number of halogens is 1. The Balaban J connectivity index is 2.02. The van der Waals surface area contributed by atoms with Gasteiger partial charge in [0.05, 0.1) is 10.6 Å². The second-order valence-electron chi connectivity index (χ2n) is 9.24. The van der Waals surface area contributed by atoms with Crippen LogP contribution in [0, 0.1) is 12.7 Å². The summed E-state index contributed by atoms with van der Waals surface area (Å²) in [7, 11) is -4.18. The molecule has 7 nitrogen and oxygen atoms in total. The average Bonchev–Trinajstić information content (AvgIpc) is 2.91. The van der Waals surface area contributed by atoms with Crippen molar-refractivity contribution in [3.05, 3.63) is 95.8 Å². The van der Waals surface area contributed by atoms with E-state index < -0.39 is 34.3 Å². The fraction of sp³-hybridized carbons (Fsp3) is 0.310. The van der Waals surface area contributed by atoms with Crippen molar-refractivity contribution in [2.45, 2.75) is 57.6 Å². The minimum absolute atomic E-state index is 0.00913. The third-order valence-corrected chi connectivity index (χ3v) is 8.28. The van der Waals surface area contributed by atoms with E-state index in [1.807, 2.05) is 45.0 Å². The number of rotatable bonds is 11. The standard InChI is InChI=1S/C29H34FN3O4S/c1-5-22(3)31-29(35)23(4)32(19-24-12-10-9-11-21(24)2)28(34)20-33(26-17-15-25(30)16-18-26)38(36,37)27-13-7-6-8-14-27/h6-18,22-23H,5,19-20H2,1-4H3,(H,31,35)/t22-,23-/m1/s1. The number of hydrogen-bond acceptors (Lipinski definition) is 4. The van der Waals surface area contributed by atoms with Crippen LogP contribution in [-0.4, -0.2) is 43.8 Å². The van der Waals surface area contributed by atoms with Gasteiger partial charge in [-0.1, -0.05) is 49.4 Å². The SMILES string of the molecule is CC[C@@H](C)NC(=O)[C@@H](C)N(Cc1ccccc1C)C(=O)CN(c1ccc(F)cc1)S(=O)(=O)c1ccccc1. The fourth-order valence-electron chi connectivity index (χ4n) is 3.87. The van der Waals surface area contributed by atoms with E-state index in [-0.39, 0.29) is 29.1 Å². The van der Waals surface area contributed by atoms with Gasteiger partial charge in [-0.25, -0.2) is 12.8 Å². The number of benzene rings is 3. The van der Waals surface area contributed by atoms with Crippen LogP contribution >= 0.6 is 0 Å². The van der Waals surface area contributed by atoms with Gasteiger partial charge in [-0.2, -0.15) is 0 Å². The molecule has 0 bridgehead atoms. The highest BCUT2D eigenvalue weighted by Crippen LogP contribution is 2.25. The largest absolute Gasteiger partial charge is 0.352 e. The first-order chi connectivity index (χ1) is 18.0. The molecule has 3 aromatic rings. The number of carbonyl (C=O) groups excluding carboxylic acids is 2. The molecule has 0 saturated heterocycles. The summed E-state index contributed by atoms with van der Waals surface area (Å²) < 4.78 is 42.0. The number of anilines is 1. The summed E-state index contributed by atoms with van der Waals surface area (Å²) in [5.74, 6) is -1.43. The van der Waals surface area contributed by atoms with Gasteiger partial charge in [0.1, 0.15) is 18.4 Å². The molecule has 0 radical (unpaired) electrons. The van der Waals surface area contributed by atoms with Gasteiger partial charge in [0.15, 0.2) is 0 Å². The Bertz CT molecular complexity index is 1350. The molecule has 1 N–H and O–H groups in total. The average molecular weight is 540 g/mol. The van der Waals surface area contributed by atoms with Gasteiger partial charge < -0.3 is 10.2 Å². The second-order valence-corrected chi connectivity index (χ2v) is 11.1. The maximum absolute atomic E-state index is 13.9. The number of aryl methyl sites for hydroxylation is 1. The smallest absolute Gasteiger partial charge is 0.264 e. The van der Waals surface area contributed by atoms with E-state index >= 15 is 0 Å². The molecule has 0 aliphatic carbocycles. The molecule has 9 heteroatoms. The van der Waals surface area contributed by atoms with Crippen LogP contribution in [0.15, 0.2) is 83.8 Å². The lowest BCUT2D eigenvalue weighted by Crippen LogP contribution is -2.52. The molecule has 0 fully saturated rings. The highest BCUT2D eigenvalue weighted by atomic mass is 32.2. The maximum Gasteiger partial charge on any atom is 0.264 e. The molecule has 2 atom stereocenters. The zero-order valence-electron chi connectivity index (χ0n) is 22.1. The van der Waals surface area contributed by atoms with Gasteiger partial charge in [0.25, 0.3) is 10.0 Å². The number of hydrogen-bond donors (Lipinski definition) is 1. The van der Waals surface area contributed by atoms with Crippen molar-refractivity contribution in [2.75, 3.05) is 10.8 Å². The van der Waals surface area contributed by atoms with E-state index in [1.54, 1.807) is 25.1 Å². The first kappa shape index (κ1) is 28.8. The maximum atomic E-state index is 13.9. The number of nitrogens with one attached hydrogen (secondary N) is 1. The Hall–Kier alpha value is -3.72. The summed E-state index contributed by atoms with van der Waals surface area (Å²) in [4.78, 5) is 28.3. The van der Waals surface area contributed by atoms with Crippen LogP contribution in [0.4, 0.5) is 10.1 Å². The molecule has 202 valence electrons. The van der Waals surface area contributed by atoms with Crippen LogP contribution in [-0.2, 0) is 26.2 Å². The lowest BCUT2D eigenvalue weighted by Gasteiger charge is -2.32. The third-order valence-electron chi connectivity index (χ3n) is 6.49. The topological polar surface area (TPSA) is 86.8 Å². The van der Waals surface area contributed by atoms with Crippen molar-refractivity contribution in [1.82, 2.24) is 10.2 Å². The number of sulfonamides is 1. The molecule has 3 rings (SSSR count). The van der Waals surface area contributed by atoms with E-state index in [0.29, 0.717) is 0 Å². The molecule has 0 spiro atoms. The van der Waals surface area contributed by atoms with E-state index in [0.717, 1.165) is 34.0 Å². The van der Waals surface area contributed by atoms with Crippen molar-refractivity contribution in [3.63, 3.8) is 0 Å². The van der Waals surface area contributed by atoms with Gasteiger partial charge in [-0.3, -0.25) is 13.9 Å². The number of carbonyl (C=O) groups is 2. The first-order valence-corrected chi connectivity index (χ1v) is 14.0. The van der Waals surface area contributed by atoms with Gasteiger partial charge in [-0.15, -0.1) is 0 Å². The molecule has 0 saturated carbocycles. The molecule has 0 aliphatic heterocycles. The molecular weight excluding hydrogens is 505 g/mol. The molecule has 0 aromatic heterocycles. The van der Waals surface area contributed by atoms with Gasteiger partial charge in [0, 0.05) is 12.6 Å². The zero-order chi connectivity index (χ0) is 27.9. The fourth-order valence-corrected chi connectivity index (χ4v) is 5.31. The van der Waals surface area contributed by atoms with Crippen molar-refractivity contribution >= 4 is 27.5 Å². The van der Waals surface area contributed by atoms with E-state index in [4.69, 9.17) is 0 Å². The molecular formula is C29H34FN3O4S. The Morgan fingerprint density at radius 2 is 1.53 bits per heavy atom. The monoisotopic (exact) mass is 539 g/mol. The lowest BCUT2D eigenvalue weighted by molar-refractivity contribution is -0.139. The van der Waals surface area contributed by atoms with Crippen molar-refractivity contribution in [2.24, 2.45) is 0 Å². The molecule has 2 amide bonds. The summed E-state index contributed by atoms with van der Waals surface area (Å²) in [5.41, 5.74) is 1.91. The number of nitrogens with zero attached hydrogens (tertiary/aromatic N) is 2. The minimum atomic E-state index is -4.18. The highest BCUT2D eigenvalue weighted by Gasteiger charge is 2.32. The predicted molar refractivity (Wildman–Crippen MR) is 146 cm³/mol. The van der Waals surface area contributed by atoms with Crippen molar-refractivity contribution in [1.29, 1.82) is 0 Å². The summed E-state index contributed by atoms with van der Waals surface area (Å²) in [5, 5.41) is 2.91. The van der Waals surface area contributed by atoms with Crippen molar-refractivity contribution in [3.8, 4) is 0 Å².